The molecule has 4 N–H and O–H groups in total. The van der Waals surface area contributed by atoms with Crippen LogP contribution in [0.4, 0.5) is 4.79 Å². The maximum atomic E-state index is 12.2. The number of aliphatic imine (C=N–C) groups is 1. The number of benzene rings is 1. The second-order valence-corrected chi connectivity index (χ2v) is 8.05. The Balaban J connectivity index is 0.00000676. The van der Waals surface area contributed by atoms with Gasteiger partial charge in [-0.15, -0.1) is 24.0 Å². The zero-order valence-corrected chi connectivity index (χ0v) is 19.8. The van der Waals surface area contributed by atoms with E-state index in [1.54, 1.807) is 0 Å². The number of alkyl carbamates (subject to hydrolysis) is 1. The summed E-state index contributed by atoms with van der Waals surface area (Å²) in [4.78, 5) is 16.6. The molecule has 0 spiro atoms. The molecule has 0 heterocycles. The first kappa shape index (κ1) is 25.5. The Morgan fingerprint density at radius 2 is 1.59 bits per heavy atom. The maximum Gasteiger partial charge on any atom is 0.408 e. The molecule has 6 nitrogen and oxygen atoms in total. The molecular formula is C20H35IN4O2. The van der Waals surface area contributed by atoms with Crippen LogP contribution in [0.2, 0.25) is 0 Å². The standard InChI is InChI=1S/C20H34N4O2.HI/c1-13(2)15-8-10-16(11-9-15)17(12-22-18(21)23-14(3)4)24-19(25)26-20(5,6)7;/h8-11,13-14,17H,12H2,1-7H3,(H,24,25)(H3,21,22,23);1H. The minimum absolute atomic E-state index is 0. The molecule has 1 amide bonds. The molecule has 0 aromatic heterocycles. The highest BCUT2D eigenvalue weighted by atomic mass is 127. The second-order valence-electron chi connectivity index (χ2n) is 8.05. The van der Waals surface area contributed by atoms with Gasteiger partial charge in [0.05, 0.1) is 12.6 Å². The van der Waals surface area contributed by atoms with E-state index in [9.17, 15) is 4.79 Å². The van der Waals surface area contributed by atoms with Gasteiger partial charge in [-0.2, -0.15) is 0 Å². The van der Waals surface area contributed by atoms with Crippen LogP contribution in [0.3, 0.4) is 0 Å². The quantitative estimate of drug-likeness (QED) is 0.315. The molecule has 0 aliphatic rings. The summed E-state index contributed by atoms with van der Waals surface area (Å²) in [6, 6.07) is 8.05. The molecule has 0 aliphatic heterocycles. The molecule has 1 atom stereocenters. The molecule has 1 aromatic carbocycles. The van der Waals surface area contributed by atoms with Gasteiger partial charge in [0, 0.05) is 6.04 Å². The van der Waals surface area contributed by atoms with Crippen molar-refractivity contribution in [3.63, 3.8) is 0 Å². The smallest absolute Gasteiger partial charge is 0.408 e. The van der Waals surface area contributed by atoms with Crippen LogP contribution in [0.1, 0.15) is 71.6 Å². The molecule has 7 heteroatoms. The molecule has 1 rings (SSSR count). The zero-order valence-electron chi connectivity index (χ0n) is 17.5. The molecule has 1 unspecified atom stereocenters. The predicted octanol–water partition coefficient (Wildman–Crippen LogP) is 4.31. The van der Waals surface area contributed by atoms with E-state index in [4.69, 9.17) is 10.5 Å². The Morgan fingerprint density at radius 3 is 2.04 bits per heavy atom. The normalized spacial score (nSPS) is 13.1. The van der Waals surface area contributed by atoms with Gasteiger partial charge in [-0.05, 0) is 51.7 Å². The Labute approximate surface area is 180 Å². The third kappa shape index (κ3) is 10.4. The van der Waals surface area contributed by atoms with E-state index in [2.05, 4.69) is 41.6 Å². The number of rotatable bonds is 6. The van der Waals surface area contributed by atoms with Crippen LogP contribution in [-0.2, 0) is 4.74 Å². The first-order chi connectivity index (χ1) is 12.0. The molecular weight excluding hydrogens is 455 g/mol. The number of guanidine groups is 1. The number of ether oxygens (including phenoxy) is 1. The van der Waals surface area contributed by atoms with Crippen molar-refractivity contribution in [3.8, 4) is 0 Å². The van der Waals surface area contributed by atoms with Crippen molar-refractivity contribution in [1.82, 2.24) is 10.6 Å². The Kier molecular flexibility index (Phi) is 10.7. The number of nitrogens with zero attached hydrogens (tertiary/aromatic N) is 1. The summed E-state index contributed by atoms with van der Waals surface area (Å²) in [7, 11) is 0. The average Bonchev–Trinajstić information content (AvgIpc) is 2.49. The van der Waals surface area contributed by atoms with Crippen molar-refractivity contribution < 1.29 is 9.53 Å². The second kappa shape index (κ2) is 11.4. The number of carbonyl (C=O) groups is 1. The van der Waals surface area contributed by atoms with Crippen molar-refractivity contribution in [2.24, 2.45) is 10.7 Å². The molecule has 0 aliphatic carbocycles. The van der Waals surface area contributed by atoms with Crippen molar-refractivity contribution >= 4 is 36.0 Å². The van der Waals surface area contributed by atoms with Crippen molar-refractivity contribution in [1.29, 1.82) is 0 Å². The molecule has 27 heavy (non-hydrogen) atoms. The first-order valence-electron chi connectivity index (χ1n) is 9.13. The average molecular weight is 490 g/mol. The topological polar surface area (TPSA) is 88.7 Å². The lowest BCUT2D eigenvalue weighted by atomic mass is 9.99. The largest absolute Gasteiger partial charge is 0.444 e. The zero-order chi connectivity index (χ0) is 19.9. The summed E-state index contributed by atoms with van der Waals surface area (Å²) in [6.07, 6.45) is -0.471. The summed E-state index contributed by atoms with van der Waals surface area (Å²) in [5.41, 5.74) is 7.54. The van der Waals surface area contributed by atoms with Gasteiger partial charge in [-0.25, -0.2) is 4.79 Å². The van der Waals surface area contributed by atoms with Crippen LogP contribution >= 0.6 is 24.0 Å². The fourth-order valence-corrected chi connectivity index (χ4v) is 2.33. The van der Waals surface area contributed by atoms with Crippen LogP contribution in [0, 0.1) is 0 Å². The number of amides is 1. The first-order valence-corrected chi connectivity index (χ1v) is 9.13. The lowest BCUT2D eigenvalue weighted by molar-refractivity contribution is 0.0505. The number of hydrogen-bond donors (Lipinski definition) is 3. The highest BCUT2D eigenvalue weighted by Gasteiger charge is 2.20. The van der Waals surface area contributed by atoms with E-state index in [1.165, 1.54) is 5.56 Å². The molecule has 0 radical (unpaired) electrons. The van der Waals surface area contributed by atoms with E-state index >= 15 is 0 Å². The summed E-state index contributed by atoms with van der Waals surface area (Å²) in [5.74, 6) is 0.806. The Morgan fingerprint density at radius 1 is 1.07 bits per heavy atom. The SMILES string of the molecule is CC(C)NC(N)=NCC(NC(=O)OC(C)(C)C)c1ccc(C(C)C)cc1.I. The highest BCUT2D eigenvalue weighted by molar-refractivity contribution is 14.0. The van der Waals surface area contributed by atoms with E-state index in [0.717, 1.165) is 5.56 Å². The van der Waals surface area contributed by atoms with Crippen LogP contribution in [0.5, 0.6) is 0 Å². The molecule has 0 bridgehead atoms. The highest BCUT2D eigenvalue weighted by Crippen LogP contribution is 2.20. The van der Waals surface area contributed by atoms with E-state index < -0.39 is 11.7 Å². The van der Waals surface area contributed by atoms with Crippen LogP contribution in [0.15, 0.2) is 29.3 Å². The van der Waals surface area contributed by atoms with Crippen LogP contribution in [0.25, 0.3) is 0 Å². The number of carbonyl (C=O) groups excluding carboxylic acids is 1. The molecule has 0 fully saturated rings. The molecule has 0 saturated heterocycles. The van der Waals surface area contributed by atoms with Crippen molar-refractivity contribution in [3.05, 3.63) is 35.4 Å². The van der Waals surface area contributed by atoms with Crippen LogP contribution in [-0.4, -0.2) is 30.2 Å². The van der Waals surface area contributed by atoms with Gasteiger partial charge in [-0.1, -0.05) is 38.1 Å². The predicted molar refractivity (Wildman–Crippen MR) is 123 cm³/mol. The van der Waals surface area contributed by atoms with E-state index in [0.29, 0.717) is 18.4 Å². The summed E-state index contributed by atoms with van der Waals surface area (Å²) < 4.78 is 5.38. The van der Waals surface area contributed by atoms with E-state index in [-0.39, 0.29) is 36.1 Å². The maximum absolute atomic E-state index is 12.2. The fourth-order valence-electron chi connectivity index (χ4n) is 2.33. The van der Waals surface area contributed by atoms with Gasteiger partial charge in [0.25, 0.3) is 0 Å². The number of hydrogen-bond acceptors (Lipinski definition) is 3. The van der Waals surface area contributed by atoms with Gasteiger partial charge in [0.15, 0.2) is 5.96 Å². The summed E-state index contributed by atoms with van der Waals surface area (Å²) in [6.45, 7) is 14.1. The lowest BCUT2D eigenvalue weighted by Gasteiger charge is -2.23. The fraction of sp³-hybridized carbons (Fsp3) is 0.600. The van der Waals surface area contributed by atoms with Crippen molar-refractivity contribution in [2.75, 3.05) is 6.54 Å². The monoisotopic (exact) mass is 490 g/mol. The van der Waals surface area contributed by atoms with Gasteiger partial charge < -0.3 is 21.1 Å². The third-order valence-electron chi connectivity index (χ3n) is 3.58. The number of halogens is 1. The lowest BCUT2D eigenvalue weighted by Crippen LogP contribution is -2.39. The Bertz CT molecular complexity index is 607. The van der Waals surface area contributed by atoms with Gasteiger partial charge in [0.1, 0.15) is 5.60 Å². The minimum Gasteiger partial charge on any atom is -0.444 e. The molecule has 154 valence electrons. The van der Waals surface area contributed by atoms with Gasteiger partial charge >= 0.3 is 6.09 Å². The van der Waals surface area contributed by atoms with Gasteiger partial charge in [-0.3, -0.25) is 4.99 Å². The Hall–Kier alpha value is -1.51. The molecule has 1 aromatic rings. The van der Waals surface area contributed by atoms with Crippen molar-refractivity contribution in [2.45, 2.75) is 72.1 Å². The third-order valence-corrected chi connectivity index (χ3v) is 3.58. The van der Waals surface area contributed by atoms with E-state index in [1.807, 2.05) is 46.8 Å². The van der Waals surface area contributed by atoms with Gasteiger partial charge in [0.2, 0.25) is 0 Å². The summed E-state index contributed by atoms with van der Waals surface area (Å²) in [5, 5.41) is 5.94. The van der Waals surface area contributed by atoms with Crippen LogP contribution < -0.4 is 16.4 Å². The summed E-state index contributed by atoms with van der Waals surface area (Å²) >= 11 is 0. The number of nitrogens with two attached hydrogens (primary N) is 1. The minimum atomic E-state index is -0.558. The number of nitrogens with one attached hydrogen (secondary N) is 2. The molecule has 0 saturated carbocycles.